The number of aliphatic hydroxyl groups excluding tert-OH is 2. The zero-order chi connectivity index (χ0) is 27.4. The molecule has 1 aromatic rings. The van der Waals surface area contributed by atoms with Crippen LogP contribution in [-0.2, 0) is 22.4 Å². The van der Waals surface area contributed by atoms with Gasteiger partial charge in [0, 0.05) is 34.2 Å². The van der Waals surface area contributed by atoms with E-state index >= 15 is 4.39 Å². The Morgan fingerprint density at radius 2 is 1.92 bits per heavy atom. The summed E-state index contributed by atoms with van der Waals surface area (Å²) < 4.78 is 16.2. The second-order valence-electron chi connectivity index (χ2n) is 11.2. The second kappa shape index (κ2) is 8.11. The molecule has 11 heteroatoms. The number of primary amides is 1. The molecule has 1 saturated heterocycles. The van der Waals surface area contributed by atoms with Gasteiger partial charge in [0.1, 0.15) is 28.7 Å². The number of likely N-dealkylation sites (N-methyl/N-ethyl adjacent to an activating group) is 1. The summed E-state index contributed by atoms with van der Waals surface area (Å²) in [7, 11) is 1.91. The highest BCUT2D eigenvalue weighted by atomic mass is 19.1. The van der Waals surface area contributed by atoms with Crippen LogP contribution in [0.25, 0.3) is 0 Å². The predicted molar refractivity (Wildman–Crippen MR) is 131 cm³/mol. The van der Waals surface area contributed by atoms with Crippen LogP contribution in [0.3, 0.4) is 0 Å². The lowest BCUT2D eigenvalue weighted by molar-refractivity contribution is -0.146. The molecule has 6 rings (SSSR count). The van der Waals surface area contributed by atoms with E-state index in [1.165, 1.54) is 0 Å². The normalized spacial score (nSPS) is 34.2. The van der Waals surface area contributed by atoms with Gasteiger partial charge in [0.2, 0.25) is 5.78 Å². The number of likely N-dealkylation sites (tertiary alicyclic amines) is 1. The number of nitrogens with one attached hydrogen (secondary N) is 1. The van der Waals surface area contributed by atoms with Crippen LogP contribution in [0.15, 0.2) is 22.7 Å². The van der Waals surface area contributed by atoms with E-state index in [4.69, 9.17) is 5.73 Å². The first-order valence-corrected chi connectivity index (χ1v) is 12.9. The third kappa shape index (κ3) is 2.89. The molecule has 6 atom stereocenters. The molecule has 0 radical (unpaired) electrons. The summed E-state index contributed by atoms with van der Waals surface area (Å²) in [4.78, 5) is 41.2. The number of Topliss-reactive ketones (excluding diaryl/α,β-unsaturated/α-hetero) is 2. The first-order chi connectivity index (χ1) is 17.9. The Balaban J connectivity index is 1.53. The SMILES string of the molecule is CCN[C@@H]1C(O)=C(C(N)=O)C(=O)[C@@]2(O)C(O)=C3C(=O)c4c(O)c5c(c(F)c4C[C@H]3C[C@@H]12)C1C(CCN1C)C5. The molecule has 4 aliphatic carbocycles. The van der Waals surface area contributed by atoms with E-state index in [2.05, 4.69) is 5.32 Å². The summed E-state index contributed by atoms with van der Waals surface area (Å²) in [6.45, 7) is 2.79. The van der Waals surface area contributed by atoms with Crippen molar-refractivity contribution in [1.82, 2.24) is 10.2 Å². The van der Waals surface area contributed by atoms with Crippen molar-refractivity contribution in [3.8, 4) is 5.75 Å². The standard InChI is InChI=1S/C27H30FN3O7/c1-3-30-19-13-8-10-7-11-16(21(32)12-6-9-4-5-31(2)20(9)15(12)18(11)28)22(33)14(10)24(35)27(13,38)25(36)17(23(19)34)26(29)37/h9-10,13,19-20,30,32,34-35,38H,3-8H2,1-2H3,(H2,29,37)/t9?,10-,13-,19-,20?,27-/m0/s1. The molecule has 0 bridgehead atoms. The van der Waals surface area contributed by atoms with Crippen LogP contribution in [0, 0.1) is 23.6 Å². The number of carbonyl (C=O) groups is 3. The number of hydrogen-bond acceptors (Lipinski definition) is 9. The van der Waals surface area contributed by atoms with Gasteiger partial charge in [-0.2, -0.15) is 0 Å². The van der Waals surface area contributed by atoms with Crippen molar-refractivity contribution in [2.75, 3.05) is 20.1 Å². The first kappa shape index (κ1) is 25.0. The molecule has 1 amide bonds. The summed E-state index contributed by atoms with van der Waals surface area (Å²) in [6, 6.07) is -1.32. The number of phenolic OH excluding ortho intramolecular Hbond substituents is 1. The Labute approximate surface area is 217 Å². The molecule has 1 fully saturated rings. The van der Waals surface area contributed by atoms with Gasteiger partial charge in [-0.1, -0.05) is 6.92 Å². The number of amides is 1. The molecule has 0 spiro atoms. The van der Waals surface area contributed by atoms with Gasteiger partial charge in [0.15, 0.2) is 11.4 Å². The molecule has 38 heavy (non-hydrogen) atoms. The second-order valence-corrected chi connectivity index (χ2v) is 11.2. The van der Waals surface area contributed by atoms with Crippen LogP contribution in [0.1, 0.15) is 52.9 Å². The van der Waals surface area contributed by atoms with E-state index < -0.39 is 63.9 Å². The molecule has 7 N–H and O–H groups in total. The van der Waals surface area contributed by atoms with Gasteiger partial charge in [0.25, 0.3) is 5.91 Å². The highest BCUT2D eigenvalue weighted by Gasteiger charge is 2.63. The Hall–Kier alpha value is -3.28. The smallest absolute Gasteiger partial charge is 0.255 e. The van der Waals surface area contributed by atoms with Crippen LogP contribution in [0.2, 0.25) is 0 Å². The van der Waals surface area contributed by atoms with Gasteiger partial charge in [0.05, 0.1) is 11.6 Å². The van der Waals surface area contributed by atoms with Crippen molar-refractivity contribution in [1.29, 1.82) is 0 Å². The van der Waals surface area contributed by atoms with Gasteiger partial charge in [-0.25, -0.2) is 4.39 Å². The summed E-state index contributed by atoms with van der Waals surface area (Å²) >= 11 is 0. The molecule has 202 valence electrons. The summed E-state index contributed by atoms with van der Waals surface area (Å²) in [5.74, 6) is -7.76. The minimum absolute atomic E-state index is 0.0546. The number of ketones is 2. The highest BCUT2D eigenvalue weighted by molar-refractivity contribution is 6.24. The van der Waals surface area contributed by atoms with Gasteiger partial charge < -0.3 is 31.5 Å². The number of benzene rings is 1. The van der Waals surface area contributed by atoms with Crippen LogP contribution in [-0.4, -0.2) is 74.6 Å². The van der Waals surface area contributed by atoms with Crippen molar-refractivity contribution in [3.05, 3.63) is 50.7 Å². The average Bonchev–Trinajstić information content (AvgIpc) is 3.42. The van der Waals surface area contributed by atoms with Gasteiger partial charge >= 0.3 is 0 Å². The summed E-state index contributed by atoms with van der Waals surface area (Å²) in [6.07, 6.45) is 1.12. The molecule has 0 saturated carbocycles. The molecule has 2 unspecified atom stereocenters. The van der Waals surface area contributed by atoms with E-state index in [0.29, 0.717) is 17.5 Å². The van der Waals surface area contributed by atoms with Crippen molar-refractivity contribution < 1.29 is 39.2 Å². The first-order valence-electron chi connectivity index (χ1n) is 12.9. The lowest BCUT2D eigenvalue weighted by Gasteiger charge is -2.48. The number of phenols is 1. The Morgan fingerprint density at radius 3 is 2.58 bits per heavy atom. The number of halogens is 1. The van der Waals surface area contributed by atoms with Gasteiger partial charge in [-0.15, -0.1) is 0 Å². The third-order valence-electron chi connectivity index (χ3n) is 9.41. The van der Waals surface area contributed by atoms with E-state index in [-0.39, 0.29) is 53.8 Å². The maximum absolute atomic E-state index is 16.2. The lowest BCUT2D eigenvalue weighted by Crippen LogP contribution is -2.64. The highest BCUT2D eigenvalue weighted by Crippen LogP contribution is 2.56. The number of carbonyl (C=O) groups excluding carboxylic acids is 3. The topological polar surface area (TPSA) is 173 Å². The maximum atomic E-state index is 16.2. The van der Waals surface area contributed by atoms with Crippen LogP contribution in [0.5, 0.6) is 5.75 Å². The van der Waals surface area contributed by atoms with E-state index in [0.717, 1.165) is 13.0 Å². The number of nitrogens with two attached hydrogens (primary N) is 1. The zero-order valence-corrected chi connectivity index (χ0v) is 21.0. The number of hydrogen-bond donors (Lipinski definition) is 6. The van der Waals surface area contributed by atoms with Crippen molar-refractivity contribution in [2.45, 2.75) is 50.3 Å². The molecule has 1 heterocycles. The molecule has 1 aromatic carbocycles. The summed E-state index contributed by atoms with van der Waals surface area (Å²) in [5.41, 5.74) is 2.05. The Morgan fingerprint density at radius 1 is 1.21 bits per heavy atom. The fourth-order valence-electron chi connectivity index (χ4n) is 7.77. The van der Waals surface area contributed by atoms with Crippen LogP contribution >= 0.6 is 0 Å². The van der Waals surface area contributed by atoms with Crippen LogP contribution in [0.4, 0.5) is 4.39 Å². The Kier molecular flexibility index (Phi) is 5.34. The fraction of sp³-hybridized carbons (Fsp3) is 0.519. The predicted octanol–water partition coefficient (Wildman–Crippen LogP) is 0.857. The number of rotatable bonds is 3. The number of aromatic hydroxyl groups is 1. The minimum Gasteiger partial charge on any atom is -0.510 e. The molecular formula is C27H30FN3O7. The number of allylic oxidation sites excluding steroid dienone is 1. The summed E-state index contributed by atoms with van der Waals surface area (Å²) in [5, 5.41) is 47.9. The lowest BCUT2D eigenvalue weighted by atomic mass is 9.58. The quantitative estimate of drug-likeness (QED) is 0.312. The largest absolute Gasteiger partial charge is 0.510 e. The molecule has 1 aliphatic heterocycles. The van der Waals surface area contributed by atoms with Crippen molar-refractivity contribution in [2.24, 2.45) is 23.5 Å². The average molecular weight is 528 g/mol. The van der Waals surface area contributed by atoms with Crippen LogP contribution < -0.4 is 11.1 Å². The molecule has 5 aliphatic rings. The van der Waals surface area contributed by atoms with Gasteiger partial charge in [-0.05, 0) is 57.7 Å². The monoisotopic (exact) mass is 527 g/mol. The van der Waals surface area contributed by atoms with Crippen molar-refractivity contribution in [3.63, 3.8) is 0 Å². The number of fused-ring (bicyclic) bond motifs is 6. The minimum atomic E-state index is -2.72. The van der Waals surface area contributed by atoms with E-state index in [1.807, 2.05) is 11.9 Å². The molecular weight excluding hydrogens is 497 g/mol. The number of nitrogens with zero attached hydrogens (tertiary/aromatic N) is 1. The van der Waals surface area contributed by atoms with E-state index in [9.17, 15) is 34.8 Å². The third-order valence-corrected chi connectivity index (χ3v) is 9.41. The van der Waals surface area contributed by atoms with E-state index in [1.54, 1.807) is 6.92 Å². The Bertz CT molecular complexity index is 1400. The fourth-order valence-corrected chi connectivity index (χ4v) is 7.77. The molecule has 10 nitrogen and oxygen atoms in total. The van der Waals surface area contributed by atoms with Crippen molar-refractivity contribution >= 4 is 17.5 Å². The number of aliphatic hydroxyl groups is 3. The maximum Gasteiger partial charge on any atom is 0.255 e. The van der Waals surface area contributed by atoms with Gasteiger partial charge in [-0.3, -0.25) is 19.3 Å². The molecule has 0 aromatic heterocycles. The zero-order valence-electron chi connectivity index (χ0n) is 21.0.